The van der Waals surface area contributed by atoms with Crippen molar-refractivity contribution in [2.75, 3.05) is 6.54 Å². The van der Waals surface area contributed by atoms with Crippen LogP contribution in [0.4, 0.5) is 4.39 Å². The Morgan fingerprint density at radius 2 is 2.04 bits per heavy atom. The summed E-state index contributed by atoms with van der Waals surface area (Å²) in [6, 6.07) is 9.80. The Hall–Kier alpha value is -2.73. The van der Waals surface area contributed by atoms with Crippen molar-refractivity contribution in [3.63, 3.8) is 0 Å². The van der Waals surface area contributed by atoms with Crippen molar-refractivity contribution in [2.24, 2.45) is 0 Å². The number of carbonyl (C=O) groups is 1. The maximum Gasteiger partial charge on any atom is 0.255 e. The Bertz CT molecular complexity index is 920. The summed E-state index contributed by atoms with van der Waals surface area (Å²) in [6.07, 6.45) is 2.28. The lowest BCUT2D eigenvalue weighted by molar-refractivity contribution is 0.0950. The maximum absolute atomic E-state index is 13.8. The van der Waals surface area contributed by atoms with Crippen LogP contribution in [0.1, 0.15) is 27.3 Å². The first kappa shape index (κ1) is 18.1. The third-order valence-corrected chi connectivity index (χ3v) is 4.47. The Balaban J connectivity index is 1.71. The number of rotatable bonds is 5. The number of aromatic nitrogens is 3. The number of aryl methyl sites for hydroxylation is 1. The molecule has 1 amide bonds. The molecule has 26 heavy (non-hydrogen) atoms. The molecule has 1 N–H and O–H groups in total. The number of halogens is 2. The SMILES string of the molecule is Cc1nn(-c2ccccn2)c(C)c1CCNC(=O)c1c(F)cccc1Cl. The number of nitrogens with zero attached hydrogens (tertiary/aromatic N) is 3. The third kappa shape index (κ3) is 3.60. The first-order chi connectivity index (χ1) is 12.5. The Morgan fingerprint density at radius 3 is 2.73 bits per heavy atom. The number of amides is 1. The van der Waals surface area contributed by atoms with Crippen LogP contribution in [0.2, 0.25) is 5.02 Å². The van der Waals surface area contributed by atoms with Gasteiger partial charge in [0.05, 0.1) is 16.3 Å². The van der Waals surface area contributed by atoms with Gasteiger partial charge in [-0.15, -0.1) is 0 Å². The summed E-state index contributed by atoms with van der Waals surface area (Å²) in [5.41, 5.74) is 2.72. The molecule has 5 nitrogen and oxygen atoms in total. The van der Waals surface area contributed by atoms with Crippen LogP contribution < -0.4 is 5.32 Å². The van der Waals surface area contributed by atoms with Crippen molar-refractivity contribution in [2.45, 2.75) is 20.3 Å². The molecule has 3 rings (SSSR count). The fourth-order valence-electron chi connectivity index (χ4n) is 2.84. The standard InChI is InChI=1S/C19H18ClFN4O/c1-12-14(13(2)25(24-12)17-8-3-4-10-22-17)9-11-23-19(26)18-15(20)6-5-7-16(18)21/h3-8,10H,9,11H2,1-2H3,(H,23,26). The maximum atomic E-state index is 13.8. The number of carbonyl (C=O) groups excluding carboxylic acids is 1. The van der Waals surface area contributed by atoms with Gasteiger partial charge in [0, 0.05) is 18.4 Å². The molecular weight excluding hydrogens is 355 g/mol. The van der Waals surface area contributed by atoms with E-state index in [0.717, 1.165) is 22.8 Å². The van der Waals surface area contributed by atoms with E-state index in [4.69, 9.17) is 11.6 Å². The van der Waals surface area contributed by atoms with Gasteiger partial charge < -0.3 is 5.32 Å². The molecule has 0 spiro atoms. The molecule has 0 aliphatic rings. The van der Waals surface area contributed by atoms with Crippen molar-refractivity contribution in [1.29, 1.82) is 0 Å². The lowest BCUT2D eigenvalue weighted by Crippen LogP contribution is -2.27. The molecule has 0 aliphatic carbocycles. The van der Waals surface area contributed by atoms with Gasteiger partial charge in [-0.2, -0.15) is 5.10 Å². The van der Waals surface area contributed by atoms with Crippen molar-refractivity contribution in [1.82, 2.24) is 20.1 Å². The Morgan fingerprint density at radius 1 is 1.23 bits per heavy atom. The van der Waals surface area contributed by atoms with Crippen LogP contribution in [0.3, 0.4) is 0 Å². The molecule has 2 aromatic heterocycles. The van der Waals surface area contributed by atoms with E-state index in [1.165, 1.54) is 18.2 Å². The van der Waals surface area contributed by atoms with Gasteiger partial charge in [0.1, 0.15) is 5.82 Å². The Kier molecular flexibility index (Phi) is 5.32. The van der Waals surface area contributed by atoms with Gasteiger partial charge in [-0.1, -0.05) is 23.7 Å². The first-order valence-electron chi connectivity index (χ1n) is 8.17. The minimum Gasteiger partial charge on any atom is -0.352 e. The van der Waals surface area contributed by atoms with Crippen LogP contribution >= 0.6 is 11.6 Å². The molecular formula is C19H18ClFN4O. The van der Waals surface area contributed by atoms with Crippen LogP contribution in [0.5, 0.6) is 0 Å². The first-order valence-corrected chi connectivity index (χ1v) is 8.55. The predicted molar refractivity (Wildman–Crippen MR) is 98.3 cm³/mol. The van der Waals surface area contributed by atoms with Gasteiger partial charge >= 0.3 is 0 Å². The van der Waals surface area contributed by atoms with E-state index in [0.29, 0.717) is 13.0 Å². The van der Waals surface area contributed by atoms with Gasteiger partial charge in [-0.3, -0.25) is 4.79 Å². The lowest BCUT2D eigenvalue weighted by atomic mass is 10.1. The second kappa shape index (κ2) is 7.66. The molecule has 134 valence electrons. The molecule has 0 bridgehead atoms. The number of hydrogen-bond acceptors (Lipinski definition) is 3. The molecule has 1 aromatic carbocycles. The molecule has 2 heterocycles. The fourth-order valence-corrected chi connectivity index (χ4v) is 3.09. The highest BCUT2D eigenvalue weighted by molar-refractivity contribution is 6.33. The quantitative estimate of drug-likeness (QED) is 0.743. The van der Waals surface area contributed by atoms with E-state index in [1.807, 2.05) is 32.0 Å². The van der Waals surface area contributed by atoms with Gasteiger partial charge in [-0.25, -0.2) is 14.1 Å². The second-order valence-corrected chi connectivity index (χ2v) is 6.26. The zero-order valence-corrected chi connectivity index (χ0v) is 15.2. The summed E-state index contributed by atoms with van der Waals surface area (Å²) in [5, 5.41) is 7.34. The average Bonchev–Trinajstić information content (AvgIpc) is 2.90. The second-order valence-electron chi connectivity index (χ2n) is 5.85. The van der Waals surface area contributed by atoms with Gasteiger partial charge in [0.2, 0.25) is 0 Å². The monoisotopic (exact) mass is 372 g/mol. The number of hydrogen-bond donors (Lipinski definition) is 1. The van der Waals surface area contributed by atoms with Crippen molar-refractivity contribution < 1.29 is 9.18 Å². The minimum absolute atomic E-state index is 0.0952. The van der Waals surface area contributed by atoms with Crippen LogP contribution in [0.25, 0.3) is 5.82 Å². The van der Waals surface area contributed by atoms with E-state index < -0.39 is 11.7 Å². The minimum atomic E-state index is -0.634. The smallest absolute Gasteiger partial charge is 0.255 e. The van der Waals surface area contributed by atoms with E-state index in [1.54, 1.807) is 10.9 Å². The van der Waals surface area contributed by atoms with Gasteiger partial charge in [-0.05, 0) is 50.1 Å². The largest absolute Gasteiger partial charge is 0.352 e. The van der Waals surface area contributed by atoms with E-state index >= 15 is 0 Å². The normalized spacial score (nSPS) is 10.8. The summed E-state index contributed by atoms with van der Waals surface area (Å²) in [6.45, 7) is 4.22. The van der Waals surface area contributed by atoms with E-state index in [2.05, 4.69) is 15.4 Å². The molecule has 0 unspecified atom stereocenters. The van der Waals surface area contributed by atoms with Crippen LogP contribution in [-0.2, 0) is 6.42 Å². The highest BCUT2D eigenvalue weighted by Crippen LogP contribution is 2.19. The van der Waals surface area contributed by atoms with Crippen LogP contribution in [-0.4, -0.2) is 27.2 Å². The molecule has 0 saturated heterocycles. The number of benzene rings is 1. The van der Waals surface area contributed by atoms with Gasteiger partial charge in [0.25, 0.3) is 5.91 Å². The van der Waals surface area contributed by atoms with Crippen LogP contribution in [0, 0.1) is 19.7 Å². The van der Waals surface area contributed by atoms with Crippen molar-refractivity contribution >= 4 is 17.5 Å². The molecule has 0 atom stereocenters. The van der Waals surface area contributed by atoms with Crippen molar-refractivity contribution in [3.05, 3.63) is 75.9 Å². The summed E-state index contributed by atoms with van der Waals surface area (Å²) in [5.74, 6) is -0.424. The van der Waals surface area contributed by atoms with E-state index in [-0.39, 0.29) is 10.6 Å². The number of nitrogens with one attached hydrogen (secondary N) is 1. The average molecular weight is 373 g/mol. The molecule has 0 fully saturated rings. The third-order valence-electron chi connectivity index (χ3n) is 4.16. The summed E-state index contributed by atoms with van der Waals surface area (Å²) >= 11 is 5.92. The predicted octanol–water partition coefficient (Wildman–Crippen LogP) is 3.65. The summed E-state index contributed by atoms with van der Waals surface area (Å²) < 4.78 is 15.6. The topological polar surface area (TPSA) is 59.8 Å². The Labute approximate surface area is 155 Å². The van der Waals surface area contributed by atoms with Crippen molar-refractivity contribution in [3.8, 4) is 5.82 Å². The summed E-state index contributed by atoms with van der Waals surface area (Å²) in [7, 11) is 0. The molecule has 3 aromatic rings. The lowest BCUT2D eigenvalue weighted by Gasteiger charge is -2.08. The zero-order valence-electron chi connectivity index (χ0n) is 14.5. The van der Waals surface area contributed by atoms with Gasteiger partial charge in [0.15, 0.2) is 5.82 Å². The zero-order chi connectivity index (χ0) is 18.7. The molecule has 0 radical (unpaired) electrons. The van der Waals surface area contributed by atoms with E-state index in [9.17, 15) is 9.18 Å². The molecule has 0 saturated carbocycles. The highest BCUT2D eigenvalue weighted by Gasteiger charge is 2.17. The fraction of sp³-hybridized carbons (Fsp3) is 0.211. The highest BCUT2D eigenvalue weighted by atomic mass is 35.5. The number of pyridine rings is 1. The van der Waals surface area contributed by atoms with Crippen LogP contribution in [0.15, 0.2) is 42.6 Å². The molecule has 7 heteroatoms. The molecule has 0 aliphatic heterocycles. The summed E-state index contributed by atoms with van der Waals surface area (Å²) in [4.78, 5) is 16.5.